The topological polar surface area (TPSA) is 35.5 Å². The van der Waals surface area contributed by atoms with Crippen molar-refractivity contribution >= 4 is 6.29 Å². The lowest BCUT2D eigenvalue weighted by Gasteiger charge is -2.22. The summed E-state index contributed by atoms with van der Waals surface area (Å²) in [4.78, 5) is 10.7. The fourth-order valence-electron chi connectivity index (χ4n) is 1.27. The lowest BCUT2D eigenvalue weighted by Crippen LogP contribution is -2.36. The molecular formula is C9H16O3. The average Bonchev–Trinajstić information content (AvgIpc) is 2.50. The summed E-state index contributed by atoms with van der Waals surface area (Å²) in [6.07, 6.45) is 2.79. The maximum absolute atomic E-state index is 10.7. The summed E-state index contributed by atoms with van der Waals surface area (Å²) < 4.78 is 10.7. The molecule has 0 aromatic heterocycles. The monoisotopic (exact) mass is 172 g/mol. The number of ether oxygens (including phenoxy) is 2. The van der Waals surface area contributed by atoms with Gasteiger partial charge in [0.15, 0.2) is 6.29 Å². The maximum Gasteiger partial charge on any atom is 0.154 e. The van der Waals surface area contributed by atoms with E-state index >= 15 is 0 Å². The Morgan fingerprint density at radius 3 is 2.83 bits per heavy atom. The van der Waals surface area contributed by atoms with Gasteiger partial charge in [0.1, 0.15) is 5.60 Å². The van der Waals surface area contributed by atoms with Crippen LogP contribution in [0.3, 0.4) is 0 Å². The van der Waals surface area contributed by atoms with E-state index < -0.39 is 5.60 Å². The smallest absolute Gasteiger partial charge is 0.154 e. The highest BCUT2D eigenvalue weighted by molar-refractivity contribution is 5.63. The van der Waals surface area contributed by atoms with Crippen molar-refractivity contribution < 1.29 is 14.3 Å². The van der Waals surface area contributed by atoms with Crippen LogP contribution in [0.25, 0.3) is 0 Å². The van der Waals surface area contributed by atoms with E-state index in [0.29, 0.717) is 13.2 Å². The zero-order valence-electron chi connectivity index (χ0n) is 7.71. The number of carbonyl (C=O) groups is 1. The van der Waals surface area contributed by atoms with Gasteiger partial charge in [-0.15, -0.1) is 0 Å². The predicted molar refractivity (Wildman–Crippen MR) is 45.1 cm³/mol. The Balaban J connectivity index is 2.39. The van der Waals surface area contributed by atoms with Gasteiger partial charge in [-0.1, -0.05) is 0 Å². The van der Waals surface area contributed by atoms with E-state index in [1.807, 2.05) is 13.8 Å². The first-order valence-electron chi connectivity index (χ1n) is 4.40. The molecule has 0 spiro atoms. The van der Waals surface area contributed by atoms with E-state index in [1.54, 1.807) is 0 Å². The molecule has 1 saturated heterocycles. The molecule has 0 bridgehead atoms. The molecule has 1 unspecified atom stereocenters. The normalized spacial score (nSPS) is 29.6. The van der Waals surface area contributed by atoms with Gasteiger partial charge < -0.3 is 14.3 Å². The fraction of sp³-hybridized carbons (Fsp3) is 0.889. The molecule has 1 aliphatic rings. The van der Waals surface area contributed by atoms with Crippen LogP contribution in [-0.2, 0) is 14.3 Å². The molecule has 0 aliphatic carbocycles. The van der Waals surface area contributed by atoms with E-state index in [4.69, 9.17) is 9.47 Å². The van der Waals surface area contributed by atoms with E-state index in [9.17, 15) is 4.79 Å². The maximum atomic E-state index is 10.7. The Labute approximate surface area is 73.0 Å². The van der Waals surface area contributed by atoms with Gasteiger partial charge in [-0.2, -0.15) is 0 Å². The summed E-state index contributed by atoms with van der Waals surface area (Å²) >= 11 is 0. The first-order valence-corrected chi connectivity index (χ1v) is 4.40. The highest BCUT2D eigenvalue weighted by Gasteiger charge is 2.35. The molecule has 0 saturated carbocycles. The molecule has 0 aromatic rings. The van der Waals surface area contributed by atoms with Crippen LogP contribution in [0.1, 0.15) is 26.7 Å². The molecule has 0 radical (unpaired) electrons. The molecule has 1 rings (SSSR count). The molecule has 1 atom stereocenters. The first-order chi connectivity index (χ1) is 5.68. The molecule has 0 amide bonds. The third-order valence-corrected chi connectivity index (χ3v) is 2.01. The minimum absolute atomic E-state index is 0.158. The van der Waals surface area contributed by atoms with Crippen molar-refractivity contribution in [1.29, 1.82) is 0 Å². The number of hydrogen-bond acceptors (Lipinski definition) is 3. The zero-order chi connectivity index (χ0) is 9.03. The molecule has 3 nitrogen and oxygen atoms in total. The van der Waals surface area contributed by atoms with Gasteiger partial charge in [0, 0.05) is 6.61 Å². The van der Waals surface area contributed by atoms with E-state index in [1.165, 1.54) is 0 Å². The van der Waals surface area contributed by atoms with Crippen LogP contribution in [-0.4, -0.2) is 31.2 Å². The summed E-state index contributed by atoms with van der Waals surface area (Å²) in [5, 5.41) is 0. The van der Waals surface area contributed by atoms with Crippen LogP contribution < -0.4 is 0 Å². The lowest BCUT2D eigenvalue weighted by atomic mass is 10.0. The molecular weight excluding hydrogens is 156 g/mol. The van der Waals surface area contributed by atoms with E-state index in [-0.39, 0.29) is 6.10 Å². The van der Waals surface area contributed by atoms with Crippen LogP contribution in [0.2, 0.25) is 0 Å². The second-order valence-corrected chi connectivity index (χ2v) is 3.49. The van der Waals surface area contributed by atoms with Gasteiger partial charge in [0.05, 0.1) is 12.7 Å². The van der Waals surface area contributed by atoms with Crippen molar-refractivity contribution in [2.45, 2.75) is 38.4 Å². The number of rotatable bonds is 4. The van der Waals surface area contributed by atoms with Crippen molar-refractivity contribution in [3.8, 4) is 0 Å². The third-order valence-electron chi connectivity index (χ3n) is 2.01. The SMILES string of the molecule is CC(C)OCC1(C=O)CCCO1. The van der Waals surface area contributed by atoms with Gasteiger partial charge in [-0.05, 0) is 26.7 Å². The summed E-state index contributed by atoms with van der Waals surface area (Å²) in [5.74, 6) is 0. The summed E-state index contributed by atoms with van der Waals surface area (Å²) in [6, 6.07) is 0. The Kier molecular flexibility index (Phi) is 3.23. The Morgan fingerprint density at radius 1 is 1.67 bits per heavy atom. The molecule has 3 heteroatoms. The number of carbonyl (C=O) groups excluding carboxylic acids is 1. The molecule has 12 heavy (non-hydrogen) atoms. The van der Waals surface area contributed by atoms with E-state index in [0.717, 1.165) is 19.1 Å². The lowest BCUT2D eigenvalue weighted by molar-refractivity contribution is -0.135. The summed E-state index contributed by atoms with van der Waals surface area (Å²) in [7, 11) is 0. The number of aldehydes is 1. The highest BCUT2D eigenvalue weighted by atomic mass is 16.6. The van der Waals surface area contributed by atoms with Gasteiger partial charge in [-0.3, -0.25) is 0 Å². The van der Waals surface area contributed by atoms with Crippen LogP contribution in [0, 0.1) is 0 Å². The van der Waals surface area contributed by atoms with E-state index in [2.05, 4.69) is 0 Å². The second-order valence-electron chi connectivity index (χ2n) is 3.49. The standard InChI is InChI=1S/C9H16O3/c1-8(2)11-7-9(6-10)4-3-5-12-9/h6,8H,3-5,7H2,1-2H3. The minimum Gasteiger partial charge on any atom is -0.375 e. The van der Waals surface area contributed by atoms with Crippen molar-refractivity contribution in [1.82, 2.24) is 0 Å². The zero-order valence-corrected chi connectivity index (χ0v) is 7.71. The largest absolute Gasteiger partial charge is 0.375 e. The molecule has 0 N–H and O–H groups in total. The van der Waals surface area contributed by atoms with Crippen LogP contribution in [0.4, 0.5) is 0 Å². The van der Waals surface area contributed by atoms with Gasteiger partial charge in [0.2, 0.25) is 0 Å². The third kappa shape index (κ3) is 2.29. The van der Waals surface area contributed by atoms with Crippen molar-refractivity contribution in [2.75, 3.05) is 13.2 Å². The van der Waals surface area contributed by atoms with Crippen molar-refractivity contribution in [3.05, 3.63) is 0 Å². The second kappa shape index (κ2) is 4.01. The van der Waals surface area contributed by atoms with Crippen LogP contribution in [0.15, 0.2) is 0 Å². The Bertz CT molecular complexity index is 148. The van der Waals surface area contributed by atoms with Crippen LogP contribution >= 0.6 is 0 Å². The minimum atomic E-state index is -0.635. The summed E-state index contributed by atoms with van der Waals surface area (Å²) in [5.41, 5.74) is -0.635. The van der Waals surface area contributed by atoms with Crippen molar-refractivity contribution in [2.24, 2.45) is 0 Å². The van der Waals surface area contributed by atoms with Crippen molar-refractivity contribution in [3.63, 3.8) is 0 Å². The molecule has 1 fully saturated rings. The molecule has 0 aromatic carbocycles. The average molecular weight is 172 g/mol. The van der Waals surface area contributed by atoms with Crippen LogP contribution in [0.5, 0.6) is 0 Å². The van der Waals surface area contributed by atoms with Gasteiger partial charge in [0.25, 0.3) is 0 Å². The highest BCUT2D eigenvalue weighted by Crippen LogP contribution is 2.24. The first kappa shape index (κ1) is 9.68. The predicted octanol–water partition coefficient (Wildman–Crippen LogP) is 1.16. The quantitative estimate of drug-likeness (QED) is 0.597. The summed E-state index contributed by atoms with van der Waals surface area (Å²) in [6.45, 7) is 4.98. The Hall–Kier alpha value is -0.410. The van der Waals surface area contributed by atoms with Gasteiger partial charge in [-0.25, -0.2) is 0 Å². The number of hydrogen-bond donors (Lipinski definition) is 0. The Morgan fingerprint density at radius 2 is 2.42 bits per heavy atom. The fourth-order valence-corrected chi connectivity index (χ4v) is 1.27. The molecule has 1 heterocycles. The van der Waals surface area contributed by atoms with Gasteiger partial charge >= 0.3 is 0 Å². The molecule has 1 aliphatic heterocycles. The molecule has 70 valence electrons.